The van der Waals surface area contributed by atoms with E-state index in [9.17, 15) is 0 Å². The van der Waals surface area contributed by atoms with Crippen molar-refractivity contribution < 1.29 is 9.47 Å². The highest BCUT2D eigenvalue weighted by molar-refractivity contribution is 5.43. The summed E-state index contributed by atoms with van der Waals surface area (Å²) in [4.78, 5) is 0. The maximum atomic E-state index is 6.35. The van der Waals surface area contributed by atoms with E-state index in [2.05, 4.69) is 26.8 Å². The van der Waals surface area contributed by atoms with E-state index in [0.717, 1.165) is 22.4 Å². The maximum absolute atomic E-state index is 6.35. The zero-order valence-electron chi connectivity index (χ0n) is 12.3. The normalized spacial score (nSPS) is 14.7. The van der Waals surface area contributed by atoms with Gasteiger partial charge in [0.25, 0.3) is 0 Å². The van der Waals surface area contributed by atoms with Gasteiger partial charge in [-0.2, -0.15) is 0 Å². The van der Waals surface area contributed by atoms with Gasteiger partial charge in [0, 0.05) is 7.11 Å². The Labute approximate surface area is 110 Å². The molecule has 18 heavy (non-hydrogen) atoms. The van der Waals surface area contributed by atoms with Crippen molar-refractivity contribution in [3.05, 3.63) is 28.8 Å². The molecule has 0 radical (unpaired) electrons. The summed E-state index contributed by atoms with van der Waals surface area (Å²) in [6.45, 7) is 8.34. The second kappa shape index (κ2) is 6.21. The Morgan fingerprint density at radius 3 is 2.11 bits per heavy atom. The van der Waals surface area contributed by atoms with Gasteiger partial charge in [-0.3, -0.25) is 0 Å². The molecule has 0 amide bonds. The van der Waals surface area contributed by atoms with Crippen molar-refractivity contribution in [3.63, 3.8) is 0 Å². The summed E-state index contributed by atoms with van der Waals surface area (Å²) in [6, 6.07) is 4.03. The van der Waals surface area contributed by atoms with Gasteiger partial charge in [-0.1, -0.05) is 19.9 Å². The zero-order valence-corrected chi connectivity index (χ0v) is 12.3. The highest BCUT2D eigenvalue weighted by atomic mass is 16.5. The average Bonchev–Trinajstić information content (AvgIpc) is 2.31. The molecule has 0 fully saturated rings. The van der Waals surface area contributed by atoms with E-state index in [1.807, 2.05) is 13.0 Å². The molecular formula is C15H25NO2. The van der Waals surface area contributed by atoms with Crippen molar-refractivity contribution in [2.45, 2.75) is 39.8 Å². The van der Waals surface area contributed by atoms with Crippen molar-refractivity contribution >= 4 is 0 Å². The van der Waals surface area contributed by atoms with E-state index in [1.54, 1.807) is 14.2 Å². The van der Waals surface area contributed by atoms with Crippen LogP contribution in [0.4, 0.5) is 0 Å². The van der Waals surface area contributed by atoms with Crippen molar-refractivity contribution in [2.75, 3.05) is 14.2 Å². The summed E-state index contributed by atoms with van der Waals surface area (Å²) in [5.41, 5.74) is 9.73. The zero-order chi connectivity index (χ0) is 13.9. The standard InChI is InChI=1S/C15H25NO2/c1-9(2)15(18-6)14(16)12-7-11(4)13(17-5)8-10(12)3/h7-9,14-15H,16H2,1-6H3. The van der Waals surface area contributed by atoms with E-state index in [-0.39, 0.29) is 12.1 Å². The Morgan fingerprint density at radius 2 is 1.67 bits per heavy atom. The molecular weight excluding hydrogens is 226 g/mol. The average molecular weight is 251 g/mol. The van der Waals surface area contributed by atoms with E-state index in [4.69, 9.17) is 15.2 Å². The SMILES string of the molecule is COc1cc(C)c(C(N)C(OC)C(C)C)cc1C. The third-order valence-corrected chi connectivity index (χ3v) is 3.43. The molecule has 0 saturated heterocycles. The molecule has 0 bridgehead atoms. The van der Waals surface area contributed by atoms with Crippen LogP contribution in [0.25, 0.3) is 0 Å². The molecule has 102 valence electrons. The van der Waals surface area contributed by atoms with E-state index in [1.165, 1.54) is 0 Å². The lowest BCUT2D eigenvalue weighted by molar-refractivity contribution is 0.0435. The van der Waals surface area contributed by atoms with Gasteiger partial charge in [0.15, 0.2) is 0 Å². The first-order valence-electron chi connectivity index (χ1n) is 6.35. The van der Waals surface area contributed by atoms with Crippen molar-refractivity contribution in [3.8, 4) is 5.75 Å². The third-order valence-electron chi connectivity index (χ3n) is 3.43. The molecule has 1 aromatic carbocycles. The van der Waals surface area contributed by atoms with Crippen LogP contribution in [0.3, 0.4) is 0 Å². The number of nitrogens with two attached hydrogens (primary N) is 1. The summed E-state index contributed by atoms with van der Waals surface area (Å²) >= 11 is 0. The maximum Gasteiger partial charge on any atom is 0.122 e. The fraction of sp³-hybridized carbons (Fsp3) is 0.600. The van der Waals surface area contributed by atoms with Gasteiger partial charge in [0.2, 0.25) is 0 Å². The molecule has 0 saturated carbocycles. The smallest absolute Gasteiger partial charge is 0.122 e. The lowest BCUT2D eigenvalue weighted by atomic mass is 9.90. The number of hydrogen-bond donors (Lipinski definition) is 1. The van der Waals surface area contributed by atoms with Gasteiger partial charge >= 0.3 is 0 Å². The molecule has 2 atom stereocenters. The van der Waals surface area contributed by atoms with Crippen molar-refractivity contribution in [1.82, 2.24) is 0 Å². The molecule has 3 heteroatoms. The number of methoxy groups -OCH3 is 2. The molecule has 0 aromatic heterocycles. The van der Waals surface area contributed by atoms with Crippen LogP contribution in [0, 0.1) is 19.8 Å². The van der Waals surface area contributed by atoms with Crippen LogP contribution in [0.15, 0.2) is 12.1 Å². The number of benzene rings is 1. The quantitative estimate of drug-likeness (QED) is 0.875. The van der Waals surface area contributed by atoms with Gasteiger partial charge in [0.05, 0.1) is 19.3 Å². The fourth-order valence-electron chi connectivity index (χ4n) is 2.40. The van der Waals surface area contributed by atoms with Crippen LogP contribution >= 0.6 is 0 Å². The summed E-state index contributed by atoms with van der Waals surface area (Å²) in [7, 11) is 3.41. The Hall–Kier alpha value is -1.06. The molecule has 1 rings (SSSR count). The second-order valence-corrected chi connectivity index (χ2v) is 5.15. The minimum atomic E-state index is -0.111. The summed E-state index contributed by atoms with van der Waals surface area (Å²) in [5.74, 6) is 1.29. The summed E-state index contributed by atoms with van der Waals surface area (Å²) in [5, 5.41) is 0. The minimum absolute atomic E-state index is 0.0245. The third kappa shape index (κ3) is 3.03. The Morgan fingerprint density at radius 1 is 1.06 bits per heavy atom. The highest BCUT2D eigenvalue weighted by Crippen LogP contribution is 2.29. The van der Waals surface area contributed by atoms with Crippen molar-refractivity contribution in [2.24, 2.45) is 11.7 Å². The summed E-state index contributed by atoms with van der Waals surface area (Å²) < 4.78 is 10.8. The van der Waals surface area contributed by atoms with E-state index in [0.29, 0.717) is 5.92 Å². The van der Waals surface area contributed by atoms with Gasteiger partial charge in [-0.05, 0) is 42.5 Å². The first-order chi connectivity index (χ1) is 8.42. The van der Waals surface area contributed by atoms with Crippen LogP contribution < -0.4 is 10.5 Å². The van der Waals surface area contributed by atoms with Crippen LogP contribution in [0.5, 0.6) is 5.75 Å². The van der Waals surface area contributed by atoms with Gasteiger partial charge in [0.1, 0.15) is 5.75 Å². The highest BCUT2D eigenvalue weighted by Gasteiger charge is 2.24. The number of ether oxygens (including phenoxy) is 2. The van der Waals surface area contributed by atoms with Crippen LogP contribution in [-0.2, 0) is 4.74 Å². The Bertz CT molecular complexity index is 402. The monoisotopic (exact) mass is 251 g/mol. The largest absolute Gasteiger partial charge is 0.496 e. The summed E-state index contributed by atoms with van der Waals surface area (Å²) in [6.07, 6.45) is 0.0245. The van der Waals surface area contributed by atoms with Crippen LogP contribution in [-0.4, -0.2) is 20.3 Å². The van der Waals surface area contributed by atoms with Crippen LogP contribution in [0.2, 0.25) is 0 Å². The van der Waals surface area contributed by atoms with E-state index >= 15 is 0 Å². The molecule has 0 aliphatic heterocycles. The number of hydrogen-bond acceptors (Lipinski definition) is 3. The molecule has 0 aliphatic rings. The van der Waals surface area contributed by atoms with Gasteiger partial charge in [-0.15, -0.1) is 0 Å². The van der Waals surface area contributed by atoms with Crippen LogP contribution in [0.1, 0.15) is 36.6 Å². The Balaban J connectivity index is 3.13. The second-order valence-electron chi connectivity index (χ2n) is 5.15. The lowest BCUT2D eigenvalue weighted by Gasteiger charge is -2.28. The first kappa shape index (κ1) is 15.0. The fourth-order valence-corrected chi connectivity index (χ4v) is 2.40. The molecule has 3 nitrogen and oxygen atoms in total. The predicted molar refractivity (Wildman–Crippen MR) is 75.0 cm³/mol. The number of aryl methyl sites for hydroxylation is 2. The molecule has 0 heterocycles. The van der Waals surface area contributed by atoms with E-state index < -0.39 is 0 Å². The Kier molecular flexibility index (Phi) is 5.17. The van der Waals surface area contributed by atoms with Gasteiger partial charge in [-0.25, -0.2) is 0 Å². The molecule has 2 unspecified atom stereocenters. The molecule has 0 spiro atoms. The topological polar surface area (TPSA) is 44.5 Å². The van der Waals surface area contributed by atoms with Gasteiger partial charge < -0.3 is 15.2 Å². The molecule has 0 aliphatic carbocycles. The minimum Gasteiger partial charge on any atom is -0.496 e. The van der Waals surface area contributed by atoms with Crippen molar-refractivity contribution in [1.29, 1.82) is 0 Å². The lowest BCUT2D eigenvalue weighted by Crippen LogP contribution is -2.33. The molecule has 2 N–H and O–H groups in total. The number of rotatable bonds is 5. The first-order valence-corrected chi connectivity index (χ1v) is 6.35. The predicted octanol–water partition coefficient (Wildman–Crippen LogP) is 2.98. The molecule has 1 aromatic rings.